The fourth-order valence-electron chi connectivity index (χ4n) is 0.774. The Hall–Kier alpha value is -0.220. The van der Waals surface area contributed by atoms with Crippen LogP contribution in [-0.4, -0.2) is 5.38 Å². The van der Waals surface area contributed by atoms with Gasteiger partial charge in [-0.15, -0.1) is 11.6 Å². The molecule has 0 aliphatic rings. The molecular formula is C8H14ClN. The Morgan fingerprint density at radius 1 is 1.50 bits per heavy atom. The Morgan fingerprint density at radius 3 is 2.70 bits per heavy atom. The highest BCUT2D eigenvalue weighted by Crippen LogP contribution is 2.11. The van der Waals surface area contributed by atoms with Gasteiger partial charge in [-0.25, -0.2) is 0 Å². The molecule has 10 heavy (non-hydrogen) atoms. The Labute approximate surface area is 68.0 Å². The maximum Gasteiger partial charge on any atom is 0.0621 e. The maximum absolute atomic E-state index is 8.21. The number of nitrogens with zero attached hydrogens (tertiary/aromatic N) is 1. The molecule has 0 aromatic heterocycles. The highest BCUT2D eigenvalue weighted by molar-refractivity contribution is 6.20. The second-order valence-corrected chi connectivity index (χ2v) is 3.03. The van der Waals surface area contributed by atoms with E-state index in [9.17, 15) is 0 Å². The van der Waals surface area contributed by atoms with Crippen LogP contribution < -0.4 is 0 Å². The summed E-state index contributed by atoms with van der Waals surface area (Å²) in [5.74, 6) is 0. The molecule has 0 spiro atoms. The van der Waals surface area contributed by atoms with E-state index in [2.05, 4.69) is 13.0 Å². The molecule has 1 unspecified atom stereocenters. The molecule has 0 saturated heterocycles. The van der Waals surface area contributed by atoms with Gasteiger partial charge in [0.1, 0.15) is 0 Å². The van der Waals surface area contributed by atoms with E-state index in [-0.39, 0.29) is 0 Å². The number of alkyl halides is 1. The minimum absolute atomic E-state index is 0.318. The fourth-order valence-corrected chi connectivity index (χ4v) is 0.928. The summed E-state index contributed by atoms with van der Waals surface area (Å²) in [6.07, 6.45) is 4.86. The first-order valence-electron chi connectivity index (χ1n) is 3.82. The van der Waals surface area contributed by atoms with E-state index in [4.69, 9.17) is 16.9 Å². The molecule has 0 aliphatic carbocycles. The minimum atomic E-state index is 0.318. The van der Waals surface area contributed by atoms with E-state index >= 15 is 0 Å². The van der Waals surface area contributed by atoms with Crippen molar-refractivity contribution in [3.05, 3.63) is 0 Å². The minimum Gasteiger partial charge on any atom is -0.198 e. The molecule has 0 bridgehead atoms. The molecule has 2 heteroatoms. The second kappa shape index (κ2) is 6.89. The van der Waals surface area contributed by atoms with Crippen molar-refractivity contribution in [2.24, 2.45) is 0 Å². The van der Waals surface area contributed by atoms with Gasteiger partial charge in [0.05, 0.1) is 6.07 Å². The quantitative estimate of drug-likeness (QED) is 0.447. The van der Waals surface area contributed by atoms with Crippen LogP contribution in [0.1, 0.15) is 39.0 Å². The number of halogens is 1. The van der Waals surface area contributed by atoms with Gasteiger partial charge in [-0.1, -0.05) is 13.3 Å². The third-order valence-corrected chi connectivity index (χ3v) is 2.03. The summed E-state index contributed by atoms with van der Waals surface area (Å²) >= 11 is 5.86. The molecule has 0 aliphatic heterocycles. The van der Waals surface area contributed by atoms with Crippen molar-refractivity contribution >= 4 is 11.6 Å². The molecule has 58 valence electrons. The van der Waals surface area contributed by atoms with Gasteiger partial charge < -0.3 is 0 Å². The van der Waals surface area contributed by atoms with Gasteiger partial charge in [-0.05, 0) is 19.3 Å². The van der Waals surface area contributed by atoms with Crippen LogP contribution in [-0.2, 0) is 0 Å². The van der Waals surface area contributed by atoms with Gasteiger partial charge in [-0.2, -0.15) is 5.26 Å². The predicted molar refractivity (Wildman–Crippen MR) is 44.0 cm³/mol. The summed E-state index contributed by atoms with van der Waals surface area (Å²) in [6.45, 7) is 2.09. The zero-order valence-electron chi connectivity index (χ0n) is 6.44. The van der Waals surface area contributed by atoms with Crippen LogP contribution in [0.2, 0.25) is 0 Å². The van der Waals surface area contributed by atoms with Crippen molar-refractivity contribution in [3.63, 3.8) is 0 Å². The van der Waals surface area contributed by atoms with Crippen LogP contribution >= 0.6 is 11.6 Å². The third kappa shape index (κ3) is 5.91. The van der Waals surface area contributed by atoms with Crippen LogP contribution in [0.25, 0.3) is 0 Å². The Morgan fingerprint density at radius 2 is 2.20 bits per heavy atom. The lowest BCUT2D eigenvalue weighted by Gasteiger charge is -2.02. The van der Waals surface area contributed by atoms with Crippen molar-refractivity contribution in [2.45, 2.75) is 44.4 Å². The van der Waals surface area contributed by atoms with Crippen LogP contribution in [0.15, 0.2) is 0 Å². The molecular weight excluding hydrogens is 146 g/mol. The largest absolute Gasteiger partial charge is 0.198 e. The molecule has 1 atom stereocenters. The predicted octanol–water partition coefficient (Wildman–Crippen LogP) is 3.09. The third-order valence-electron chi connectivity index (χ3n) is 1.50. The molecule has 0 heterocycles. The van der Waals surface area contributed by atoms with E-state index in [1.54, 1.807) is 0 Å². The lowest BCUT2D eigenvalue weighted by atomic mass is 10.1. The van der Waals surface area contributed by atoms with Gasteiger partial charge in [0.2, 0.25) is 0 Å². The van der Waals surface area contributed by atoms with Crippen LogP contribution in [0.5, 0.6) is 0 Å². The number of nitriles is 1. The number of rotatable bonds is 5. The molecule has 0 amide bonds. The molecule has 0 rings (SSSR count). The van der Waals surface area contributed by atoms with Gasteiger partial charge in [0.15, 0.2) is 0 Å². The average molecular weight is 160 g/mol. The first-order chi connectivity index (χ1) is 4.81. The summed E-state index contributed by atoms with van der Waals surface area (Å²) in [5.41, 5.74) is 0. The number of hydrogen-bond acceptors (Lipinski definition) is 1. The van der Waals surface area contributed by atoms with E-state index in [0.29, 0.717) is 11.8 Å². The Balaban J connectivity index is 2.98. The topological polar surface area (TPSA) is 23.8 Å². The normalized spacial score (nSPS) is 12.5. The van der Waals surface area contributed by atoms with Gasteiger partial charge >= 0.3 is 0 Å². The standard InChI is InChI=1S/C8H14ClN/c1-2-8(9)6-4-3-5-7-10/h8H,2-6H2,1H3. The molecule has 0 fully saturated rings. The summed E-state index contributed by atoms with van der Waals surface area (Å²) in [4.78, 5) is 0. The summed E-state index contributed by atoms with van der Waals surface area (Å²) in [5, 5.41) is 8.52. The van der Waals surface area contributed by atoms with E-state index in [0.717, 1.165) is 25.7 Å². The van der Waals surface area contributed by atoms with Crippen LogP contribution in [0.4, 0.5) is 0 Å². The van der Waals surface area contributed by atoms with Crippen molar-refractivity contribution in [1.29, 1.82) is 5.26 Å². The molecule has 0 saturated carbocycles. The molecule has 0 radical (unpaired) electrons. The number of unbranched alkanes of at least 4 members (excludes halogenated alkanes) is 2. The molecule has 0 aromatic carbocycles. The van der Waals surface area contributed by atoms with E-state index in [1.165, 1.54) is 0 Å². The van der Waals surface area contributed by atoms with Crippen molar-refractivity contribution in [1.82, 2.24) is 0 Å². The lowest BCUT2D eigenvalue weighted by molar-refractivity contribution is 0.646. The molecule has 0 aromatic rings. The monoisotopic (exact) mass is 159 g/mol. The SMILES string of the molecule is CCC(Cl)CCCCC#N. The first kappa shape index (κ1) is 9.78. The summed E-state index contributed by atoms with van der Waals surface area (Å²) in [7, 11) is 0. The van der Waals surface area contributed by atoms with Crippen molar-refractivity contribution in [3.8, 4) is 6.07 Å². The number of hydrogen-bond donors (Lipinski definition) is 0. The van der Waals surface area contributed by atoms with Crippen molar-refractivity contribution < 1.29 is 0 Å². The zero-order valence-corrected chi connectivity index (χ0v) is 7.19. The Kier molecular flexibility index (Phi) is 6.74. The van der Waals surface area contributed by atoms with Crippen LogP contribution in [0, 0.1) is 11.3 Å². The smallest absolute Gasteiger partial charge is 0.0621 e. The fraction of sp³-hybridized carbons (Fsp3) is 0.875. The summed E-state index contributed by atoms with van der Waals surface area (Å²) in [6, 6.07) is 2.12. The second-order valence-electron chi connectivity index (χ2n) is 2.41. The maximum atomic E-state index is 8.21. The van der Waals surface area contributed by atoms with Gasteiger partial charge in [0, 0.05) is 11.8 Å². The summed E-state index contributed by atoms with van der Waals surface area (Å²) < 4.78 is 0. The molecule has 1 nitrogen and oxygen atoms in total. The molecule has 0 N–H and O–H groups in total. The van der Waals surface area contributed by atoms with E-state index < -0.39 is 0 Å². The first-order valence-corrected chi connectivity index (χ1v) is 4.26. The van der Waals surface area contributed by atoms with Gasteiger partial charge in [-0.3, -0.25) is 0 Å². The highest BCUT2D eigenvalue weighted by Gasteiger charge is 1.98. The average Bonchev–Trinajstić information content (AvgIpc) is 1.98. The highest BCUT2D eigenvalue weighted by atomic mass is 35.5. The van der Waals surface area contributed by atoms with Crippen molar-refractivity contribution in [2.75, 3.05) is 0 Å². The lowest BCUT2D eigenvalue weighted by Crippen LogP contribution is -1.94. The van der Waals surface area contributed by atoms with Crippen LogP contribution in [0.3, 0.4) is 0 Å². The van der Waals surface area contributed by atoms with Gasteiger partial charge in [0.25, 0.3) is 0 Å². The zero-order chi connectivity index (χ0) is 7.82. The van der Waals surface area contributed by atoms with E-state index in [1.807, 2.05) is 0 Å². The Bertz CT molecular complexity index is 106.